The average Bonchev–Trinajstić information content (AvgIpc) is 2.94. The zero-order chi connectivity index (χ0) is 14.8. The van der Waals surface area contributed by atoms with E-state index in [2.05, 4.69) is 10.1 Å². The van der Waals surface area contributed by atoms with Crippen LogP contribution in [0.2, 0.25) is 0 Å². The highest BCUT2D eigenvalue weighted by molar-refractivity contribution is 5.88. The summed E-state index contributed by atoms with van der Waals surface area (Å²) in [5.74, 6) is -0.322. The Morgan fingerprint density at radius 2 is 2.29 bits per heavy atom. The fourth-order valence-corrected chi connectivity index (χ4v) is 2.55. The quantitative estimate of drug-likeness (QED) is 0.856. The molecule has 2 aromatic rings. The van der Waals surface area contributed by atoms with E-state index in [1.165, 1.54) is 10.7 Å². The minimum atomic E-state index is -0.647. The van der Waals surface area contributed by atoms with E-state index in [9.17, 15) is 9.59 Å². The molecule has 7 nitrogen and oxygen atoms in total. The average molecular weight is 291 g/mol. The highest BCUT2D eigenvalue weighted by Gasteiger charge is 2.20. The number of carbonyl (C=O) groups is 1. The number of carbonyl (C=O) groups excluding carboxylic acids is 1. The lowest BCUT2D eigenvalue weighted by molar-refractivity contribution is 0.0523. The van der Waals surface area contributed by atoms with Crippen molar-refractivity contribution in [2.75, 3.05) is 19.8 Å². The van der Waals surface area contributed by atoms with Gasteiger partial charge in [-0.2, -0.15) is 0 Å². The van der Waals surface area contributed by atoms with E-state index in [1.54, 1.807) is 6.92 Å². The molecule has 0 unspecified atom stereocenters. The van der Waals surface area contributed by atoms with E-state index in [0.717, 1.165) is 31.7 Å². The third-order valence-corrected chi connectivity index (χ3v) is 3.67. The maximum absolute atomic E-state index is 12.3. The van der Waals surface area contributed by atoms with Gasteiger partial charge in [0, 0.05) is 37.1 Å². The largest absolute Gasteiger partial charge is 0.462 e. The Morgan fingerprint density at radius 3 is 3.00 bits per heavy atom. The van der Waals surface area contributed by atoms with E-state index in [4.69, 9.17) is 9.47 Å². The van der Waals surface area contributed by atoms with Gasteiger partial charge in [0.1, 0.15) is 5.56 Å². The van der Waals surface area contributed by atoms with Gasteiger partial charge in [0.15, 0.2) is 5.65 Å². The van der Waals surface area contributed by atoms with Crippen molar-refractivity contribution in [1.29, 1.82) is 0 Å². The van der Waals surface area contributed by atoms with Crippen LogP contribution in [0.5, 0.6) is 0 Å². The van der Waals surface area contributed by atoms with Crippen molar-refractivity contribution < 1.29 is 14.3 Å². The predicted octanol–water partition coefficient (Wildman–Crippen LogP) is 1.09. The number of hydrogen-bond acceptors (Lipinski definition) is 5. The molecule has 1 aliphatic rings. The lowest BCUT2D eigenvalue weighted by Gasteiger charge is -2.20. The fraction of sp³-hybridized carbons (Fsp3) is 0.500. The molecule has 2 aromatic heterocycles. The SMILES string of the molecule is CCOC(=O)c1cnc2cc(C3CCOCC3)[nH]n2c1=O. The summed E-state index contributed by atoms with van der Waals surface area (Å²) < 4.78 is 11.5. The Labute approximate surface area is 120 Å². The molecule has 0 aromatic carbocycles. The first kappa shape index (κ1) is 13.8. The minimum Gasteiger partial charge on any atom is -0.462 e. The van der Waals surface area contributed by atoms with Crippen LogP contribution < -0.4 is 5.56 Å². The number of hydrogen-bond donors (Lipinski definition) is 1. The van der Waals surface area contributed by atoms with Crippen LogP contribution in [0.3, 0.4) is 0 Å². The molecule has 7 heteroatoms. The van der Waals surface area contributed by atoms with Gasteiger partial charge in [-0.1, -0.05) is 0 Å². The van der Waals surface area contributed by atoms with Crippen LogP contribution in [0.15, 0.2) is 17.1 Å². The Kier molecular flexibility index (Phi) is 3.74. The molecule has 0 bridgehead atoms. The Morgan fingerprint density at radius 1 is 1.52 bits per heavy atom. The summed E-state index contributed by atoms with van der Waals surface area (Å²) in [7, 11) is 0. The van der Waals surface area contributed by atoms with Crippen molar-refractivity contribution in [2.24, 2.45) is 0 Å². The van der Waals surface area contributed by atoms with Crippen LogP contribution in [0, 0.1) is 0 Å². The smallest absolute Gasteiger partial charge is 0.345 e. The van der Waals surface area contributed by atoms with E-state index in [-0.39, 0.29) is 12.2 Å². The molecule has 1 fully saturated rings. The molecule has 3 heterocycles. The van der Waals surface area contributed by atoms with Gasteiger partial charge in [-0.3, -0.25) is 9.89 Å². The molecule has 1 aliphatic heterocycles. The summed E-state index contributed by atoms with van der Waals surface area (Å²) in [5, 5.41) is 3.05. The Bertz CT molecular complexity index is 713. The molecular weight excluding hydrogens is 274 g/mol. The number of aromatic nitrogens is 3. The summed E-state index contributed by atoms with van der Waals surface area (Å²) >= 11 is 0. The lowest BCUT2D eigenvalue weighted by Crippen LogP contribution is -2.24. The van der Waals surface area contributed by atoms with E-state index < -0.39 is 11.5 Å². The maximum Gasteiger partial charge on any atom is 0.345 e. The van der Waals surface area contributed by atoms with Crippen LogP contribution >= 0.6 is 0 Å². The predicted molar refractivity (Wildman–Crippen MR) is 74.6 cm³/mol. The van der Waals surface area contributed by atoms with E-state index in [1.807, 2.05) is 6.07 Å². The molecule has 0 spiro atoms. The first-order valence-electron chi connectivity index (χ1n) is 7.06. The van der Waals surface area contributed by atoms with Gasteiger partial charge in [-0.05, 0) is 19.8 Å². The summed E-state index contributed by atoms with van der Waals surface area (Å²) in [5.41, 5.74) is 0.963. The summed E-state index contributed by atoms with van der Waals surface area (Å²) in [6, 6.07) is 1.85. The molecule has 0 amide bonds. The van der Waals surface area contributed by atoms with Gasteiger partial charge >= 0.3 is 5.97 Å². The number of nitrogens with zero attached hydrogens (tertiary/aromatic N) is 2. The number of rotatable bonds is 3. The number of H-pyrrole nitrogens is 1. The van der Waals surface area contributed by atoms with Gasteiger partial charge in [0.2, 0.25) is 0 Å². The van der Waals surface area contributed by atoms with Crippen molar-refractivity contribution in [3.8, 4) is 0 Å². The number of ether oxygens (including phenoxy) is 2. The first-order valence-corrected chi connectivity index (χ1v) is 7.06. The lowest BCUT2D eigenvalue weighted by atomic mass is 9.97. The molecule has 0 saturated carbocycles. The van der Waals surface area contributed by atoms with Crippen LogP contribution in [-0.2, 0) is 9.47 Å². The number of nitrogens with one attached hydrogen (secondary N) is 1. The fourth-order valence-electron chi connectivity index (χ4n) is 2.55. The van der Waals surface area contributed by atoms with Crippen molar-refractivity contribution >= 4 is 11.6 Å². The second-order valence-electron chi connectivity index (χ2n) is 4.99. The molecule has 1 saturated heterocycles. The van der Waals surface area contributed by atoms with Gasteiger partial charge < -0.3 is 9.47 Å². The molecule has 1 N–H and O–H groups in total. The Hall–Kier alpha value is -2.15. The molecule has 3 rings (SSSR count). The van der Waals surface area contributed by atoms with E-state index in [0.29, 0.717) is 11.6 Å². The topological polar surface area (TPSA) is 85.7 Å². The van der Waals surface area contributed by atoms with Gasteiger partial charge in [-0.15, -0.1) is 0 Å². The van der Waals surface area contributed by atoms with Crippen molar-refractivity contribution in [3.05, 3.63) is 33.9 Å². The number of fused-ring (bicyclic) bond motifs is 1. The van der Waals surface area contributed by atoms with Gasteiger partial charge in [-0.25, -0.2) is 14.3 Å². The molecular formula is C14H17N3O4. The van der Waals surface area contributed by atoms with Crippen LogP contribution in [0.4, 0.5) is 0 Å². The molecule has 21 heavy (non-hydrogen) atoms. The zero-order valence-electron chi connectivity index (χ0n) is 11.8. The van der Waals surface area contributed by atoms with Crippen LogP contribution in [-0.4, -0.2) is 40.4 Å². The molecule has 0 aliphatic carbocycles. The number of esters is 1. The maximum atomic E-state index is 12.3. The number of aromatic amines is 1. The molecule has 0 radical (unpaired) electrons. The zero-order valence-corrected chi connectivity index (χ0v) is 11.8. The molecule has 0 atom stereocenters. The standard InChI is InChI=1S/C14H17N3O4/c1-2-21-14(19)10-8-15-12-7-11(16-17(12)13(10)18)9-3-5-20-6-4-9/h7-9,16H,2-6H2,1H3. The van der Waals surface area contributed by atoms with Crippen molar-refractivity contribution in [1.82, 2.24) is 14.6 Å². The summed E-state index contributed by atoms with van der Waals surface area (Å²) in [6.45, 7) is 3.35. The monoisotopic (exact) mass is 291 g/mol. The summed E-state index contributed by atoms with van der Waals surface area (Å²) in [6.07, 6.45) is 3.09. The third-order valence-electron chi connectivity index (χ3n) is 3.67. The second kappa shape index (κ2) is 5.69. The minimum absolute atomic E-state index is 0.0604. The van der Waals surface area contributed by atoms with Crippen LogP contribution in [0.25, 0.3) is 5.65 Å². The first-order chi connectivity index (χ1) is 10.2. The third kappa shape index (κ3) is 2.56. The van der Waals surface area contributed by atoms with Crippen molar-refractivity contribution in [3.63, 3.8) is 0 Å². The van der Waals surface area contributed by atoms with Crippen molar-refractivity contribution in [2.45, 2.75) is 25.7 Å². The van der Waals surface area contributed by atoms with E-state index >= 15 is 0 Å². The van der Waals surface area contributed by atoms with Gasteiger partial charge in [0.05, 0.1) is 6.61 Å². The highest BCUT2D eigenvalue weighted by Crippen LogP contribution is 2.25. The van der Waals surface area contributed by atoms with Crippen LogP contribution in [0.1, 0.15) is 41.7 Å². The second-order valence-corrected chi connectivity index (χ2v) is 4.99. The normalized spacial score (nSPS) is 16.2. The van der Waals surface area contributed by atoms with Gasteiger partial charge in [0.25, 0.3) is 5.56 Å². The highest BCUT2D eigenvalue weighted by atomic mass is 16.5. The summed E-state index contributed by atoms with van der Waals surface area (Å²) in [4.78, 5) is 28.2. The Balaban J connectivity index is 1.99. The molecule has 112 valence electrons.